The zero-order valence-corrected chi connectivity index (χ0v) is 12.2. The molecule has 1 aromatic rings. The van der Waals surface area contributed by atoms with Gasteiger partial charge in [-0.1, -0.05) is 35.7 Å². The molecule has 0 aliphatic heterocycles. The van der Waals surface area contributed by atoms with Crippen LogP contribution in [0.4, 0.5) is 0 Å². The van der Waals surface area contributed by atoms with Crippen molar-refractivity contribution in [3.63, 3.8) is 0 Å². The van der Waals surface area contributed by atoms with Gasteiger partial charge in [0.2, 0.25) is 0 Å². The molecule has 1 fully saturated rings. The average molecular weight is 270 g/mol. The lowest BCUT2D eigenvalue weighted by atomic mass is 10.0. The number of hydrogen-bond donors (Lipinski definition) is 1. The molecule has 0 bridgehead atoms. The first-order valence-electron chi connectivity index (χ1n) is 6.15. The summed E-state index contributed by atoms with van der Waals surface area (Å²) >= 11 is 7.76. The Morgan fingerprint density at radius 2 is 1.82 bits per heavy atom. The molecule has 0 amide bonds. The van der Waals surface area contributed by atoms with Crippen molar-refractivity contribution < 1.29 is 0 Å². The molecule has 94 valence electrons. The zero-order chi connectivity index (χ0) is 12.5. The summed E-state index contributed by atoms with van der Waals surface area (Å²) in [4.78, 5) is 0. The van der Waals surface area contributed by atoms with E-state index in [1.54, 1.807) is 0 Å². The predicted molar refractivity (Wildman–Crippen MR) is 77.4 cm³/mol. The Morgan fingerprint density at radius 1 is 1.24 bits per heavy atom. The monoisotopic (exact) mass is 269 g/mol. The Labute approximate surface area is 113 Å². The molecule has 1 N–H and O–H groups in total. The maximum Gasteiger partial charge on any atom is 0.0449 e. The number of benzene rings is 1. The number of halogens is 1. The van der Waals surface area contributed by atoms with Gasteiger partial charge in [0.15, 0.2) is 0 Å². The molecule has 0 saturated heterocycles. The van der Waals surface area contributed by atoms with Gasteiger partial charge in [-0.15, -0.1) is 0 Å². The minimum atomic E-state index is 0.250. The van der Waals surface area contributed by atoms with Crippen molar-refractivity contribution in [2.75, 3.05) is 0 Å². The molecule has 3 heteroatoms. The Kier molecular flexibility index (Phi) is 4.06. The third-order valence-electron chi connectivity index (χ3n) is 2.81. The predicted octanol–water partition coefficient (Wildman–Crippen LogP) is 4.83. The summed E-state index contributed by atoms with van der Waals surface area (Å²) in [7, 11) is 0. The lowest BCUT2D eigenvalue weighted by molar-refractivity contribution is 0.587. The molecule has 17 heavy (non-hydrogen) atoms. The van der Waals surface area contributed by atoms with Crippen LogP contribution >= 0.6 is 23.5 Å². The summed E-state index contributed by atoms with van der Waals surface area (Å²) in [5, 5.41) is 0.812. The average Bonchev–Trinajstić information content (AvgIpc) is 3.03. The SMILES string of the molecule is CC(C)(C)SN[C@@H](c1ccc(Cl)cc1)C1CC1. The summed E-state index contributed by atoms with van der Waals surface area (Å²) in [6, 6.07) is 8.71. The van der Waals surface area contributed by atoms with E-state index in [2.05, 4.69) is 37.6 Å². The highest BCUT2D eigenvalue weighted by molar-refractivity contribution is 7.98. The minimum absolute atomic E-state index is 0.250. The van der Waals surface area contributed by atoms with E-state index in [0.717, 1.165) is 10.9 Å². The highest BCUT2D eigenvalue weighted by atomic mass is 35.5. The second kappa shape index (κ2) is 5.21. The first-order chi connectivity index (χ1) is 7.96. The van der Waals surface area contributed by atoms with E-state index in [-0.39, 0.29) is 4.75 Å². The summed E-state index contributed by atoms with van der Waals surface area (Å²) < 4.78 is 3.88. The van der Waals surface area contributed by atoms with Gasteiger partial charge >= 0.3 is 0 Å². The fraction of sp³-hybridized carbons (Fsp3) is 0.571. The Bertz CT molecular complexity index is 365. The van der Waals surface area contributed by atoms with Crippen molar-refractivity contribution in [1.82, 2.24) is 4.72 Å². The van der Waals surface area contributed by atoms with Crippen molar-refractivity contribution >= 4 is 23.5 Å². The van der Waals surface area contributed by atoms with Gasteiger partial charge in [-0.3, -0.25) is 4.72 Å². The van der Waals surface area contributed by atoms with Crippen molar-refractivity contribution in [2.45, 2.75) is 44.4 Å². The van der Waals surface area contributed by atoms with Gasteiger partial charge in [-0.25, -0.2) is 0 Å². The number of hydrogen-bond acceptors (Lipinski definition) is 2. The second-order valence-corrected chi connectivity index (χ2v) is 7.80. The van der Waals surface area contributed by atoms with E-state index in [0.29, 0.717) is 6.04 Å². The largest absolute Gasteiger partial charge is 0.256 e. The molecule has 0 radical (unpaired) electrons. The molecular formula is C14H20ClNS. The van der Waals surface area contributed by atoms with Crippen molar-refractivity contribution in [3.8, 4) is 0 Å². The Morgan fingerprint density at radius 3 is 2.29 bits per heavy atom. The quantitative estimate of drug-likeness (QED) is 0.786. The number of rotatable bonds is 4. The zero-order valence-electron chi connectivity index (χ0n) is 10.7. The smallest absolute Gasteiger partial charge is 0.0449 e. The van der Waals surface area contributed by atoms with Crippen LogP contribution in [0.5, 0.6) is 0 Å². The van der Waals surface area contributed by atoms with Crippen LogP contribution in [0.2, 0.25) is 5.02 Å². The normalized spacial score (nSPS) is 18.1. The van der Waals surface area contributed by atoms with Gasteiger partial charge in [0.25, 0.3) is 0 Å². The topological polar surface area (TPSA) is 12.0 Å². The van der Waals surface area contributed by atoms with E-state index in [1.165, 1.54) is 18.4 Å². The van der Waals surface area contributed by atoms with Crippen LogP contribution in [-0.2, 0) is 0 Å². The Hall–Kier alpha value is -0.180. The first-order valence-corrected chi connectivity index (χ1v) is 7.34. The minimum Gasteiger partial charge on any atom is -0.256 e. The summed E-state index contributed by atoms with van der Waals surface area (Å²) in [6.07, 6.45) is 2.68. The molecule has 0 unspecified atom stereocenters. The standard InChI is InChI=1S/C14H20ClNS/c1-14(2,3)17-16-13(10-4-5-10)11-6-8-12(15)9-7-11/h6-10,13,16H,4-5H2,1-3H3/t13-/m1/s1. The van der Waals surface area contributed by atoms with Crippen LogP contribution in [0, 0.1) is 5.92 Å². The van der Waals surface area contributed by atoms with E-state index >= 15 is 0 Å². The second-order valence-electron chi connectivity index (χ2n) is 5.70. The lowest BCUT2D eigenvalue weighted by Crippen LogP contribution is -2.23. The van der Waals surface area contributed by atoms with Gasteiger partial charge in [0, 0.05) is 15.8 Å². The van der Waals surface area contributed by atoms with Gasteiger partial charge in [-0.05, 0) is 57.2 Å². The van der Waals surface area contributed by atoms with Gasteiger partial charge in [0.1, 0.15) is 0 Å². The Balaban J connectivity index is 2.04. The molecule has 0 aromatic heterocycles. The van der Waals surface area contributed by atoms with Crippen LogP contribution in [0.25, 0.3) is 0 Å². The van der Waals surface area contributed by atoms with Crippen LogP contribution in [-0.4, -0.2) is 4.75 Å². The molecule has 1 saturated carbocycles. The molecule has 0 spiro atoms. The molecule has 1 nitrogen and oxygen atoms in total. The molecule has 2 rings (SSSR count). The number of nitrogens with one attached hydrogen (secondary N) is 1. The van der Waals surface area contributed by atoms with E-state index < -0.39 is 0 Å². The maximum atomic E-state index is 5.94. The van der Waals surface area contributed by atoms with Crippen molar-refractivity contribution in [2.24, 2.45) is 5.92 Å². The van der Waals surface area contributed by atoms with Crippen LogP contribution in [0.3, 0.4) is 0 Å². The molecule has 1 atom stereocenters. The van der Waals surface area contributed by atoms with E-state index in [9.17, 15) is 0 Å². The summed E-state index contributed by atoms with van der Waals surface area (Å²) in [5.41, 5.74) is 1.36. The third-order valence-corrected chi connectivity index (χ3v) is 4.05. The van der Waals surface area contributed by atoms with Crippen molar-refractivity contribution in [1.29, 1.82) is 0 Å². The van der Waals surface area contributed by atoms with Crippen molar-refractivity contribution in [3.05, 3.63) is 34.9 Å². The molecule has 1 aliphatic carbocycles. The first kappa shape index (κ1) is 13.3. The van der Waals surface area contributed by atoms with Crippen LogP contribution in [0.1, 0.15) is 45.2 Å². The fourth-order valence-corrected chi connectivity index (χ4v) is 2.71. The molecule has 1 aliphatic rings. The third kappa shape index (κ3) is 4.20. The highest BCUT2D eigenvalue weighted by Gasteiger charge is 2.33. The fourth-order valence-electron chi connectivity index (χ4n) is 1.78. The van der Waals surface area contributed by atoms with E-state index in [1.807, 2.05) is 24.1 Å². The van der Waals surface area contributed by atoms with Crippen LogP contribution in [0.15, 0.2) is 24.3 Å². The van der Waals surface area contributed by atoms with Gasteiger partial charge in [-0.2, -0.15) is 0 Å². The highest BCUT2D eigenvalue weighted by Crippen LogP contribution is 2.43. The van der Waals surface area contributed by atoms with Gasteiger partial charge in [0.05, 0.1) is 0 Å². The van der Waals surface area contributed by atoms with Gasteiger partial charge < -0.3 is 0 Å². The maximum absolute atomic E-state index is 5.94. The molecular weight excluding hydrogens is 250 g/mol. The summed E-state index contributed by atoms with van der Waals surface area (Å²) in [5.74, 6) is 0.797. The summed E-state index contributed by atoms with van der Waals surface area (Å²) in [6.45, 7) is 6.70. The van der Waals surface area contributed by atoms with E-state index in [4.69, 9.17) is 11.6 Å². The van der Waals surface area contributed by atoms with Crippen LogP contribution < -0.4 is 4.72 Å². The molecule has 1 aromatic carbocycles. The molecule has 0 heterocycles. The lowest BCUT2D eigenvalue weighted by Gasteiger charge is -2.24.